The number of aliphatic hydroxyl groups is 1. The molecule has 0 bridgehead atoms. The molecule has 30 heavy (non-hydrogen) atoms. The van der Waals surface area contributed by atoms with Crippen LogP contribution in [-0.4, -0.2) is 30.5 Å². The number of nitrogens with one attached hydrogen (secondary N) is 1. The minimum absolute atomic E-state index is 0.0398. The van der Waals surface area contributed by atoms with Crippen LogP contribution in [0.3, 0.4) is 0 Å². The van der Waals surface area contributed by atoms with Crippen LogP contribution < -0.4 is 5.32 Å². The molecule has 0 aliphatic carbocycles. The van der Waals surface area contributed by atoms with Crippen molar-refractivity contribution in [2.24, 2.45) is 5.92 Å². The van der Waals surface area contributed by atoms with E-state index in [9.17, 15) is 9.90 Å². The van der Waals surface area contributed by atoms with Gasteiger partial charge < -0.3 is 19.9 Å². The Kier molecular flexibility index (Phi) is 7.67. The zero-order chi connectivity index (χ0) is 21.3. The summed E-state index contributed by atoms with van der Waals surface area (Å²) in [6.45, 7) is 2.44. The number of terminal acetylenes is 1. The summed E-state index contributed by atoms with van der Waals surface area (Å²) in [6, 6.07) is 17.0. The number of allylic oxidation sites excluding steroid dienone is 1. The lowest BCUT2D eigenvalue weighted by atomic mass is 9.80. The van der Waals surface area contributed by atoms with Gasteiger partial charge in [0.15, 0.2) is 5.76 Å². The molecular formula is C25H27NO4. The summed E-state index contributed by atoms with van der Waals surface area (Å²) < 4.78 is 11.8. The van der Waals surface area contributed by atoms with Crippen LogP contribution >= 0.6 is 0 Å². The summed E-state index contributed by atoms with van der Waals surface area (Å²) in [4.78, 5) is 12.9. The first-order chi connectivity index (χ1) is 14.7. The molecule has 0 unspecified atom stereocenters. The van der Waals surface area contributed by atoms with Crippen LogP contribution in [0.2, 0.25) is 0 Å². The second-order valence-corrected chi connectivity index (χ2v) is 7.11. The molecule has 3 rings (SSSR count). The van der Waals surface area contributed by atoms with Gasteiger partial charge in [-0.25, -0.2) is 0 Å². The Labute approximate surface area is 177 Å². The Morgan fingerprint density at radius 2 is 1.93 bits per heavy atom. The molecule has 5 heteroatoms. The van der Waals surface area contributed by atoms with E-state index >= 15 is 0 Å². The number of rotatable bonds is 8. The Hall–Kier alpha value is -3.07. The van der Waals surface area contributed by atoms with Gasteiger partial charge >= 0.3 is 0 Å². The van der Waals surface area contributed by atoms with Crippen LogP contribution in [0, 0.1) is 18.3 Å². The lowest BCUT2D eigenvalue weighted by molar-refractivity contribution is -0.165. The standard InChI is InChI=1S/C25H27NO4/c1-3-18-12-14-19(15-13-18)22-17-23(24(28)26-20-9-6-5-7-10-20)30-25(29-4-2)21(22)11-8-16-27/h1,5-7,9-10,12-15,17,21-22,25,27H,4,8,11,16H2,2H3,(H,26,28)/t21-,22+,25+/m0/s1. The zero-order valence-electron chi connectivity index (χ0n) is 17.1. The van der Waals surface area contributed by atoms with Crippen molar-refractivity contribution in [1.29, 1.82) is 0 Å². The van der Waals surface area contributed by atoms with E-state index < -0.39 is 6.29 Å². The van der Waals surface area contributed by atoms with Crippen LogP contribution in [0.4, 0.5) is 5.69 Å². The molecule has 0 aromatic heterocycles. The van der Waals surface area contributed by atoms with E-state index in [-0.39, 0.29) is 30.1 Å². The summed E-state index contributed by atoms with van der Waals surface area (Å²) in [7, 11) is 0. The number of aliphatic hydroxyl groups excluding tert-OH is 1. The first-order valence-corrected chi connectivity index (χ1v) is 10.2. The maximum atomic E-state index is 12.9. The van der Waals surface area contributed by atoms with Crippen molar-refractivity contribution in [2.45, 2.75) is 32.0 Å². The lowest BCUT2D eigenvalue weighted by Crippen LogP contribution is -2.37. The van der Waals surface area contributed by atoms with Gasteiger partial charge in [0.1, 0.15) is 0 Å². The molecule has 2 N–H and O–H groups in total. The highest BCUT2D eigenvalue weighted by Crippen LogP contribution is 2.39. The van der Waals surface area contributed by atoms with Crippen molar-refractivity contribution in [3.8, 4) is 12.3 Å². The molecule has 0 fully saturated rings. The number of amides is 1. The number of hydrogen-bond acceptors (Lipinski definition) is 4. The Bertz CT molecular complexity index is 899. The molecule has 3 atom stereocenters. The number of hydrogen-bond donors (Lipinski definition) is 2. The van der Waals surface area contributed by atoms with Crippen molar-refractivity contribution in [3.63, 3.8) is 0 Å². The number of carbonyl (C=O) groups is 1. The summed E-state index contributed by atoms with van der Waals surface area (Å²) in [5.41, 5.74) is 2.51. The summed E-state index contributed by atoms with van der Waals surface area (Å²) in [6.07, 6.45) is 8.07. The predicted molar refractivity (Wildman–Crippen MR) is 117 cm³/mol. The molecule has 1 aliphatic heterocycles. The van der Waals surface area contributed by atoms with Crippen LogP contribution in [0.25, 0.3) is 0 Å². The third kappa shape index (κ3) is 5.29. The molecule has 0 radical (unpaired) electrons. The van der Waals surface area contributed by atoms with Crippen LogP contribution in [-0.2, 0) is 14.3 Å². The predicted octanol–water partition coefficient (Wildman–Crippen LogP) is 4.06. The fourth-order valence-electron chi connectivity index (χ4n) is 3.66. The quantitative estimate of drug-likeness (QED) is 0.650. The van der Waals surface area contributed by atoms with Gasteiger partial charge in [0.05, 0.1) is 0 Å². The maximum Gasteiger partial charge on any atom is 0.290 e. The molecule has 0 saturated heterocycles. The van der Waals surface area contributed by atoms with Gasteiger partial charge in [0, 0.05) is 36.3 Å². The zero-order valence-corrected chi connectivity index (χ0v) is 17.1. The highest BCUT2D eigenvalue weighted by molar-refractivity contribution is 6.02. The Balaban J connectivity index is 1.93. The topological polar surface area (TPSA) is 67.8 Å². The SMILES string of the molecule is C#Cc1ccc([C@H]2C=C(C(=O)Nc3ccccc3)O[C@@H](OCC)[C@H]2CCCO)cc1. The molecule has 1 amide bonds. The molecule has 2 aromatic carbocycles. The van der Waals surface area contributed by atoms with Crippen molar-refractivity contribution in [3.05, 3.63) is 77.6 Å². The molecule has 1 aliphatic rings. The third-order valence-corrected chi connectivity index (χ3v) is 5.13. The second-order valence-electron chi connectivity index (χ2n) is 7.11. The van der Waals surface area contributed by atoms with E-state index in [1.807, 2.05) is 67.6 Å². The van der Waals surface area contributed by atoms with E-state index in [0.717, 1.165) is 11.1 Å². The van der Waals surface area contributed by atoms with Crippen molar-refractivity contribution < 1.29 is 19.4 Å². The number of carbonyl (C=O) groups excluding carboxylic acids is 1. The first-order valence-electron chi connectivity index (χ1n) is 10.2. The molecule has 0 saturated carbocycles. The van der Waals surface area contributed by atoms with E-state index in [4.69, 9.17) is 15.9 Å². The Morgan fingerprint density at radius 3 is 2.57 bits per heavy atom. The molecule has 0 spiro atoms. The molecule has 5 nitrogen and oxygen atoms in total. The number of ether oxygens (including phenoxy) is 2. The minimum atomic E-state index is -0.583. The second kappa shape index (κ2) is 10.6. The molecule has 156 valence electrons. The van der Waals surface area contributed by atoms with Gasteiger partial charge in [-0.2, -0.15) is 0 Å². The smallest absolute Gasteiger partial charge is 0.290 e. The van der Waals surface area contributed by atoms with E-state index in [1.165, 1.54) is 0 Å². The third-order valence-electron chi connectivity index (χ3n) is 5.13. The van der Waals surface area contributed by atoms with Gasteiger partial charge in [-0.3, -0.25) is 4.79 Å². The van der Waals surface area contributed by atoms with Crippen LogP contribution in [0.5, 0.6) is 0 Å². The fraction of sp³-hybridized carbons (Fsp3) is 0.320. The van der Waals surface area contributed by atoms with E-state index in [0.29, 0.717) is 25.1 Å². The minimum Gasteiger partial charge on any atom is -0.459 e. The number of anilines is 1. The normalized spacial score (nSPS) is 20.6. The summed E-state index contributed by atoms with van der Waals surface area (Å²) in [5.74, 6) is 2.38. The lowest BCUT2D eigenvalue weighted by Gasteiger charge is -2.37. The van der Waals surface area contributed by atoms with Crippen molar-refractivity contribution in [2.75, 3.05) is 18.5 Å². The maximum absolute atomic E-state index is 12.9. The monoisotopic (exact) mass is 405 g/mol. The highest BCUT2D eigenvalue weighted by atomic mass is 16.7. The van der Waals surface area contributed by atoms with Gasteiger partial charge in [-0.05, 0) is 55.7 Å². The summed E-state index contributed by atoms with van der Waals surface area (Å²) in [5, 5.41) is 12.2. The van der Waals surface area contributed by atoms with Crippen LogP contribution in [0.1, 0.15) is 36.8 Å². The Morgan fingerprint density at radius 1 is 1.20 bits per heavy atom. The van der Waals surface area contributed by atoms with Crippen molar-refractivity contribution >= 4 is 11.6 Å². The van der Waals surface area contributed by atoms with Crippen molar-refractivity contribution in [1.82, 2.24) is 0 Å². The average Bonchev–Trinajstić information content (AvgIpc) is 2.78. The molecular weight excluding hydrogens is 378 g/mol. The van der Waals surface area contributed by atoms with Crippen LogP contribution in [0.15, 0.2) is 66.4 Å². The number of benzene rings is 2. The van der Waals surface area contributed by atoms with Gasteiger partial charge in [0.25, 0.3) is 5.91 Å². The fourth-order valence-corrected chi connectivity index (χ4v) is 3.66. The average molecular weight is 405 g/mol. The number of para-hydroxylation sites is 1. The summed E-state index contributed by atoms with van der Waals surface area (Å²) >= 11 is 0. The first kappa shape index (κ1) is 21.6. The van der Waals surface area contributed by atoms with E-state index in [1.54, 1.807) is 0 Å². The largest absolute Gasteiger partial charge is 0.459 e. The molecule has 1 heterocycles. The van der Waals surface area contributed by atoms with E-state index in [2.05, 4.69) is 11.2 Å². The van der Waals surface area contributed by atoms with Gasteiger partial charge in [-0.1, -0.05) is 36.3 Å². The van der Waals surface area contributed by atoms with Gasteiger partial charge in [-0.15, -0.1) is 6.42 Å². The highest BCUT2D eigenvalue weighted by Gasteiger charge is 2.37. The molecule has 2 aromatic rings. The van der Waals surface area contributed by atoms with Gasteiger partial charge in [0.2, 0.25) is 6.29 Å².